The normalized spacial score (nSPS) is 52.2. The molecule has 0 heterocycles. The summed E-state index contributed by atoms with van der Waals surface area (Å²) in [5, 5.41) is 20.6. The lowest BCUT2D eigenvalue weighted by molar-refractivity contribution is -0.173. The van der Waals surface area contributed by atoms with Gasteiger partial charge in [0.15, 0.2) is 0 Å². The van der Waals surface area contributed by atoms with E-state index in [4.69, 9.17) is 0 Å². The number of hydrogen-bond acceptors (Lipinski definition) is 3. The summed E-state index contributed by atoms with van der Waals surface area (Å²) in [4.78, 5) is 13.2. The smallest absolute Gasteiger partial charge is 0.136 e. The van der Waals surface area contributed by atoms with Crippen molar-refractivity contribution in [1.29, 1.82) is 0 Å². The molecule has 4 rings (SSSR count). The minimum Gasteiger partial charge on any atom is -0.390 e. The van der Waals surface area contributed by atoms with Crippen molar-refractivity contribution in [3.8, 4) is 0 Å². The van der Waals surface area contributed by atoms with Crippen LogP contribution in [0.3, 0.4) is 0 Å². The average Bonchev–Trinajstić information content (AvgIpc) is 2.99. The molecule has 10 atom stereocenters. The number of ketones is 1. The summed E-state index contributed by atoms with van der Waals surface area (Å²) in [6.07, 6.45) is 11.2. The molecule has 0 bridgehead atoms. The monoisotopic (exact) mass is 388 g/mol. The number of aliphatic hydroxyl groups is 2. The number of rotatable bonds is 3. The molecule has 3 unspecified atom stereocenters. The van der Waals surface area contributed by atoms with E-state index in [9.17, 15) is 15.0 Å². The first-order valence-electron chi connectivity index (χ1n) is 11.8. The van der Waals surface area contributed by atoms with Crippen LogP contribution >= 0.6 is 0 Å². The van der Waals surface area contributed by atoms with Crippen LogP contribution in [0.4, 0.5) is 0 Å². The highest BCUT2D eigenvalue weighted by molar-refractivity contribution is 5.83. The molecule has 3 heteroatoms. The lowest BCUT2D eigenvalue weighted by atomic mass is 9.44. The number of allylic oxidation sites excluding steroid dienone is 2. The van der Waals surface area contributed by atoms with Crippen LogP contribution in [0.15, 0.2) is 12.2 Å². The van der Waals surface area contributed by atoms with Gasteiger partial charge in [0.05, 0.1) is 12.2 Å². The average molecular weight is 389 g/mol. The van der Waals surface area contributed by atoms with Gasteiger partial charge in [0.25, 0.3) is 0 Å². The van der Waals surface area contributed by atoms with E-state index in [1.807, 2.05) is 0 Å². The van der Waals surface area contributed by atoms with Gasteiger partial charge in [0.2, 0.25) is 0 Å². The maximum atomic E-state index is 13.2. The van der Waals surface area contributed by atoms with Gasteiger partial charge in [-0.3, -0.25) is 4.79 Å². The van der Waals surface area contributed by atoms with Gasteiger partial charge in [-0.1, -0.05) is 39.8 Å². The first-order chi connectivity index (χ1) is 13.2. The van der Waals surface area contributed by atoms with Crippen LogP contribution in [0.1, 0.15) is 79.1 Å². The highest BCUT2D eigenvalue weighted by Crippen LogP contribution is 2.67. The SMILES string of the molecule is CC/C=C\[C@@H](C)[C@H]1CCC2C3CC(=O)[C@H]4C[C@H](O)[C@H](O)C[C@]4(C)C3CC[C@@]21C. The second-order valence-corrected chi connectivity index (χ2v) is 11.1. The Balaban J connectivity index is 1.61. The van der Waals surface area contributed by atoms with Gasteiger partial charge >= 0.3 is 0 Å². The second kappa shape index (κ2) is 7.23. The molecule has 0 aliphatic heterocycles. The van der Waals surface area contributed by atoms with E-state index < -0.39 is 12.2 Å². The molecule has 4 fully saturated rings. The second-order valence-electron chi connectivity index (χ2n) is 11.1. The summed E-state index contributed by atoms with van der Waals surface area (Å²) in [6, 6.07) is 0. The summed E-state index contributed by atoms with van der Waals surface area (Å²) in [5.74, 6) is 3.28. The molecule has 0 amide bonds. The summed E-state index contributed by atoms with van der Waals surface area (Å²) >= 11 is 0. The fourth-order valence-corrected chi connectivity index (χ4v) is 8.46. The summed E-state index contributed by atoms with van der Waals surface area (Å²) in [5.41, 5.74) is 0.209. The van der Waals surface area contributed by atoms with Crippen molar-refractivity contribution in [1.82, 2.24) is 0 Å². The molecule has 0 radical (unpaired) electrons. The number of fused-ring (bicyclic) bond motifs is 5. The number of hydrogen-bond donors (Lipinski definition) is 2. The Morgan fingerprint density at radius 2 is 1.82 bits per heavy atom. The van der Waals surface area contributed by atoms with Gasteiger partial charge in [-0.05, 0) is 85.4 Å². The van der Waals surface area contributed by atoms with Crippen molar-refractivity contribution in [2.75, 3.05) is 0 Å². The minimum absolute atomic E-state index is 0.0554. The van der Waals surface area contributed by atoms with Crippen molar-refractivity contribution in [2.24, 2.45) is 46.3 Å². The molecule has 0 spiro atoms. The molecule has 0 aromatic rings. The zero-order valence-electron chi connectivity index (χ0n) is 18.2. The highest BCUT2D eigenvalue weighted by Gasteiger charge is 2.63. The lowest BCUT2D eigenvalue weighted by Gasteiger charge is -2.60. The van der Waals surface area contributed by atoms with Crippen LogP contribution in [0.25, 0.3) is 0 Å². The van der Waals surface area contributed by atoms with Gasteiger partial charge in [0, 0.05) is 12.3 Å². The van der Waals surface area contributed by atoms with Gasteiger partial charge in [-0.25, -0.2) is 0 Å². The molecule has 0 aromatic heterocycles. The Hall–Kier alpha value is -0.670. The first kappa shape index (κ1) is 20.6. The molecule has 0 saturated heterocycles. The van der Waals surface area contributed by atoms with Crippen LogP contribution in [0.5, 0.6) is 0 Å². The third-order valence-corrected chi connectivity index (χ3v) is 9.86. The molecule has 4 saturated carbocycles. The Bertz CT molecular complexity index is 642. The number of Topliss-reactive ketones (excluding diaryl/α,β-unsaturated/α-hetero) is 1. The van der Waals surface area contributed by atoms with Crippen LogP contribution in [0, 0.1) is 46.3 Å². The molecule has 4 aliphatic carbocycles. The van der Waals surface area contributed by atoms with Crippen molar-refractivity contribution in [3.63, 3.8) is 0 Å². The topological polar surface area (TPSA) is 57.5 Å². The van der Waals surface area contributed by atoms with E-state index in [0.29, 0.717) is 54.1 Å². The standard InChI is InChI=1S/C25H40O3/c1-5-6-7-15(2)17-8-9-18-16-12-21(26)20-13-22(27)23(28)14-25(20,4)19(16)10-11-24(17,18)3/h6-7,15-20,22-23,27-28H,5,8-14H2,1-4H3/b7-6-/t15-,16?,17-,18?,19?,20-,22+,23-,24-,25-/m1/s1. The predicted octanol–water partition coefficient (Wildman–Crippen LogP) is 4.76. The quantitative estimate of drug-likeness (QED) is 0.686. The van der Waals surface area contributed by atoms with Gasteiger partial charge in [-0.15, -0.1) is 0 Å². The number of carbonyl (C=O) groups is 1. The van der Waals surface area contributed by atoms with E-state index in [1.165, 1.54) is 25.7 Å². The molecule has 28 heavy (non-hydrogen) atoms. The summed E-state index contributed by atoms with van der Waals surface area (Å²) in [7, 11) is 0. The third kappa shape index (κ3) is 2.95. The Labute approximate surface area is 171 Å². The summed E-state index contributed by atoms with van der Waals surface area (Å²) in [6.45, 7) is 9.36. The van der Waals surface area contributed by atoms with Gasteiger partial charge in [0.1, 0.15) is 5.78 Å². The molecule has 158 valence electrons. The van der Waals surface area contributed by atoms with Crippen molar-refractivity contribution >= 4 is 5.78 Å². The number of aliphatic hydroxyl groups excluding tert-OH is 2. The zero-order valence-corrected chi connectivity index (χ0v) is 18.2. The van der Waals surface area contributed by atoms with E-state index in [1.54, 1.807) is 0 Å². The molecule has 4 aliphatic rings. The highest BCUT2D eigenvalue weighted by atomic mass is 16.3. The van der Waals surface area contributed by atoms with Crippen molar-refractivity contribution in [2.45, 2.75) is 91.3 Å². The van der Waals surface area contributed by atoms with E-state index in [0.717, 1.165) is 12.3 Å². The van der Waals surface area contributed by atoms with Crippen LogP contribution < -0.4 is 0 Å². The minimum atomic E-state index is -0.727. The Morgan fingerprint density at radius 3 is 2.54 bits per heavy atom. The largest absolute Gasteiger partial charge is 0.390 e. The molecule has 0 aromatic carbocycles. The van der Waals surface area contributed by atoms with Crippen LogP contribution in [0.2, 0.25) is 0 Å². The Morgan fingerprint density at radius 1 is 1.11 bits per heavy atom. The zero-order chi connectivity index (χ0) is 20.3. The first-order valence-corrected chi connectivity index (χ1v) is 11.8. The number of carbonyl (C=O) groups excluding carboxylic acids is 1. The van der Waals surface area contributed by atoms with E-state index in [2.05, 4.69) is 39.8 Å². The lowest BCUT2D eigenvalue weighted by Crippen LogP contribution is -2.59. The summed E-state index contributed by atoms with van der Waals surface area (Å²) < 4.78 is 0. The van der Waals surface area contributed by atoms with Crippen molar-refractivity contribution < 1.29 is 15.0 Å². The third-order valence-electron chi connectivity index (χ3n) is 9.86. The fourth-order valence-electron chi connectivity index (χ4n) is 8.46. The fraction of sp³-hybridized carbons (Fsp3) is 0.880. The molecule has 3 nitrogen and oxygen atoms in total. The van der Waals surface area contributed by atoms with E-state index in [-0.39, 0.29) is 11.3 Å². The Kier molecular flexibility index (Phi) is 5.32. The predicted molar refractivity (Wildman–Crippen MR) is 112 cm³/mol. The van der Waals surface area contributed by atoms with Crippen LogP contribution in [-0.2, 0) is 4.79 Å². The molecular weight excluding hydrogens is 348 g/mol. The van der Waals surface area contributed by atoms with Crippen LogP contribution in [-0.4, -0.2) is 28.2 Å². The maximum Gasteiger partial charge on any atom is 0.136 e. The molecule has 2 N–H and O–H groups in total. The molecular formula is C25H40O3. The maximum absolute atomic E-state index is 13.2. The van der Waals surface area contributed by atoms with E-state index >= 15 is 0 Å². The van der Waals surface area contributed by atoms with Gasteiger partial charge < -0.3 is 10.2 Å². The van der Waals surface area contributed by atoms with Gasteiger partial charge in [-0.2, -0.15) is 0 Å². The van der Waals surface area contributed by atoms with Crippen molar-refractivity contribution in [3.05, 3.63) is 12.2 Å².